The van der Waals surface area contributed by atoms with Gasteiger partial charge in [0.25, 0.3) is 0 Å². The van der Waals surface area contributed by atoms with Gasteiger partial charge in [0.1, 0.15) is 0 Å². The highest BCUT2D eigenvalue weighted by molar-refractivity contribution is 7.91. The van der Waals surface area contributed by atoms with E-state index >= 15 is 0 Å². The van der Waals surface area contributed by atoms with E-state index in [1.165, 1.54) is 12.1 Å². The Morgan fingerprint density at radius 3 is 2.72 bits per heavy atom. The highest BCUT2D eigenvalue weighted by atomic mass is 32.2. The van der Waals surface area contributed by atoms with E-state index in [-0.39, 0.29) is 10.6 Å². The number of sulfone groups is 1. The molecule has 0 heterocycles. The molecule has 0 saturated carbocycles. The van der Waals surface area contributed by atoms with E-state index in [0.29, 0.717) is 25.2 Å². The Morgan fingerprint density at radius 1 is 1.39 bits per heavy atom. The van der Waals surface area contributed by atoms with Crippen LogP contribution < -0.4 is 5.73 Å². The van der Waals surface area contributed by atoms with Gasteiger partial charge in [-0.15, -0.1) is 0 Å². The Kier molecular flexibility index (Phi) is 5.28. The fourth-order valence-corrected chi connectivity index (χ4v) is 2.87. The molecule has 0 aliphatic heterocycles. The maximum atomic E-state index is 12.0. The van der Waals surface area contributed by atoms with Crippen molar-refractivity contribution in [3.63, 3.8) is 0 Å². The molecule has 1 aromatic carbocycles. The fourth-order valence-electron chi connectivity index (χ4n) is 1.49. The van der Waals surface area contributed by atoms with Crippen molar-refractivity contribution < 1.29 is 8.42 Å². The quantitative estimate of drug-likeness (QED) is 0.797. The van der Waals surface area contributed by atoms with Gasteiger partial charge in [-0.3, -0.25) is 0 Å². The zero-order valence-electron chi connectivity index (χ0n) is 10.3. The van der Waals surface area contributed by atoms with Crippen LogP contribution in [0.1, 0.15) is 5.56 Å². The van der Waals surface area contributed by atoms with Gasteiger partial charge in [-0.2, -0.15) is 5.26 Å². The van der Waals surface area contributed by atoms with Gasteiger partial charge in [0.2, 0.25) is 0 Å². The zero-order valence-corrected chi connectivity index (χ0v) is 11.2. The average Bonchev–Trinajstić information content (AvgIpc) is 2.37. The molecule has 0 aliphatic rings. The number of rotatable bonds is 6. The molecule has 2 N–H and O–H groups in total. The van der Waals surface area contributed by atoms with Crippen molar-refractivity contribution in [3.8, 4) is 6.07 Å². The molecule has 1 aromatic rings. The van der Waals surface area contributed by atoms with Gasteiger partial charge < -0.3 is 10.6 Å². The summed E-state index contributed by atoms with van der Waals surface area (Å²) in [7, 11) is -1.51. The predicted molar refractivity (Wildman–Crippen MR) is 69.8 cm³/mol. The van der Waals surface area contributed by atoms with Gasteiger partial charge in [-0.1, -0.05) is 6.07 Å². The van der Waals surface area contributed by atoms with Gasteiger partial charge in [-0.05, 0) is 25.2 Å². The lowest BCUT2D eigenvalue weighted by molar-refractivity contribution is 0.363. The number of hydrogen-bond donors (Lipinski definition) is 1. The van der Waals surface area contributed by atoms with E-state index in [0.717, 1.165) is 0 Å². The molecular formula is C12H17N3O2S. The predicted octanol–water partition coefficient (Wildman–Crippen LogP) is 0.222. The molecule has 5 nitrogen and oxygen atoms in total. The van der Waals surface area contributed by atoms with Crippen molar-refractivity contribution >= 4 is 9.84 Å². The van der Waals surface area contributed by atoms with E-state index in [9.17, 15) is 8.42 Å². The molecule has 0 spiro atoms. The number of likely N-dealkylation sites (N-methyl/N-ethyl adjacent to an activating group) is 1. The van der Waals surface area contributed by atoms with Gasteiger partial charge in [0.05, 0.1) is 22.3 Å². The molecular weight excluding hydrogens is 250 g/mol. The third kappa shape index (κ3) is 4.11. The van der Waals surface area contributed by atoms with Crippen molar-refractivity contribution in [2.45, 2.75) is 4.90 Å². The van der Waals surface area contributed by atoms with Gasteiger partial charge in [0.15, 0.2) is 9.84 Å². The first kappa shape index (κ1) is 14.6. The smallest absolute Gasteiger partial charge is 0.179 e. The normalized spacial score (nSPS) is 11.4. The number of nitrogens with zero attached hydrogens (tertiary/aromatic N) is 2. The number of benzene rings is 1. The Labute approximate surface area is 108 Å². The second kappa shape index (κ2) is 6.50. The summed E-state index contributed by atoms with van der Waals surface area (Å²) in [4.78, 5) is 2.06. The SMILES string of the molecule is CN(CCN)CCS(=O)(=O)c1cccc(C#N)c1. The molecule has 0 radical (unpaired) electrons. The molecule has 0 saturated heterocycles. The molecule has 1 rings (SSSR count). The number of nitriles is 1. The summed E-state index contributed by atoms with van der Waals surface area (Å²) in [5.41, 5.74) is 5.74. The molecule has 0 bridgehead atoms. The van der Waals surface area contributed by atoms with E-state index in [4.69, 9.17) is 11.0 Å². The second-order valence-corrected chi connectivity index (χ2v) is 6.16. The lowest BCUT2D eigenvalue weighted by atomic mass is 10.2. The molecule has 98 valence electrons. The van der Waals surface area contributed by atoms with Crippen LogP contribution in [0.5, 0.6) is 0 Å². The molecule has 0 amide bonds. The van der Waals surface area contributed by atoms with Crippen molar-refractivity contribution in [3.05, 3.63) is 29.8 Å². The Morgan fingerprint density at radius 2 is 2.11 bits per heavy atom. The summed E-state index contributed by atoms with van der Waals surface area (Å²) in [5.74, 6) is 0.0262. The fraction of sp³-hybridized carbons (Fsp3) is 0.417. The minimum Gasteiger partial charge on any atom is -0.329 e. The van der Waals surface area contributed by atoms with Crippen LogP contribution in [0.2, 0.25) is 0 Å². The zero-order chi connectivity index (χ0) is 13.6. The van der Waals surface area contributed by atoms with Crippen LogP contribution in [-0.2, 0) is 9.84 Å². The summed E-state index contributed by atoms with van der Waals surface area (Å²) >= 11 is 0. The van der Waals surface area contributed by atoms with E-state index in [1.54, 1.807) is 12.1 Å². The van der Waals surface area contributed by atoms with Crippen molar-refractivity contribution in [1.29, 1.82) is 5.26 Å². The Bertz CT molecular complexity index is 534. The number of hydrogen-bond acceptors (Lipinski definition) is 5. The van der Waals surface area contributed by atoms with Crippen LogP contribution in [0.4, 0.5) is 0 Å². The lowest BCUT2D eigenvalue weighted by Gasteiger charge is -2.15. The topological polar surface area (TPSA) is 87.2 Å². The van der Waals surface area contributed by atoms with Gasteiger partial charge >= 0.3 is 0 Å². The van der Waals surface area contributed by atoms with Gasteiger partial charge in [0, 0.05) is 19.6 Å². The highest BCUT2D eigenvalue weighted by Crippen LogP contribution is 2.12. The number of nitrogens with two attached hydrogens (primary N) is 1. The molecule has 18 heavy (non-hydrogen) atoms. The Hall–Kier alpha value is -1.42. The third-order valence-corrected chi connectivity index (χ3v) is 4.27. The molecule has 0 atom stereocenters. The van der Waals surface area contributed by atoms with E-state index < -0.39 is 9.84 Å². The van der Waals surface area contributed by atoms with E-state index in [1.807, 2.05) is 18.0 Å². The summed E-state index contributed by atoms with van der Waals surface area (Å²) in [6.45, 7) is 1.59. The van der Waals surface area contributed by atoms with Crippen LogP contribution >= 0.6 is 0 Å². The molecule has 0 fully saturated rings. The van der Waals surface area contributed by atoms with Crippen LogP contribution in [0.15, 0.2) is 29.2 Å². The summed E-state index contributed by atoms with van der Waals surface area (Å²) in [6.07, 6.45) is 0. The monoisotopic (exact) mass is 267 g/mol. The molecule has 0 aromatic heterocycles. The van der Waals surface area contributed by atoms with Crippen LogP contribution in [0.25, 0.3) is 0 Å². The molecule has 6 heteroatoms. The van der Waals surface area contributed by atoms with Crippen molar-refractivity contribution in [2.75, 3.05) is 32.4 Å². The maximum absolute atomic E-state index is 12.0. The minimum absolute atomic E-state index is 0.0262. The van der Waals surface area contributed by atoms with Gasteiger partial charge in [-0.25, -0.2) is 8.42 Å². The van der Waals surface area contributed by atoms with Crippen LogP contribution in [0.3, 0.4) is 0 Å². The highest BCUT2D eigenvalue weighted by Gasteiger charge is 2.15. The first-order chi connectivity index (χ1) is 8.49. The first-order valence-electron chi connectivity index (χ1n) is 5.61. The Balaban J connectivity index is 2.77. The summed E-state index contributed by atoms with van der Waals surface area (Å²) < 4.78 is 24.1. The molecule has 0 aliphatic carbocycles. The standard InChI is InChI=1S/C12H17N3O2S/c1-15(6-5-13)7-8-18(16,17)12-4-2-3-11(9-12)10-14/h2-4,9H,5-8,13H2,1H3. The van der Waals surface area contributed by atoms with Crippen molar-refractivity contribution in [2.24, 2.45) is 5.73 Å². The first-order valence-corrected chi connectivity index (χ1v) is 7.26. The van der Waals surface area contributed by atoms with E-state index in [2.05, 4.69) is 0 Å². The second-order valence-electron chi connectivity index (χ2n) is 4.05. The van der Waals surface area contributed by atoms with Crippen LogP contribution in [0, 0.1) is 11.3 Å². The maximum Gasteiger partial charge on any atom is 0.179 e. The largest absolute Gasteiger partial charge is 0.329 e. The van der Waals surface area contributed by atoms with Crippen molar-refractivity contribution in [1.82, 2.24) is 4.90 Å². The summed E-state index contributed by atoms with van der Waals surface area (Å²) in [6, 6.07) is 8.01. The molecule has 0 unspecified atom stereocenters. The third-order valence-electron chi connectivity index (χ3n) is 2.57. The minimum atomic E-state index is -3.34. The summed E-state index contributed by atoms with van der Waals surface area (Å²) in [5, 5.41) is 8.75. The van der Waals surface area contributed by atoms with Crippen LogP contribution in [-0.4, -0.2) is 45.8 Å². The average molecular weight is 267 g/mol. The lowest BCUT2D eigenvalue weighted by Crippen LogP contribution is -2.30.